The van der Waals surface area contributed by atoms with Gasteiger partial charge in [-0.15, -0.1) is 21.5 Å². The molecule has 0 atom stereocenters. The van der Waals surface area contributed by atoms with Gasteiger partial charge in [0.25, 0.3) is 0 Å². The largest absolute Gasteiger partial charge is 0.144 e. The van der Waals surface area contributed by atoms with Crippen LogP contribution in [0.2, 0.25) is 0 Å². The molecule has 0 aliphatic heterocycles. The van der Waals surface area contributed by atoms with Gasteiger partial charge in [-0.3, -0.25) is 0 Å². The van der Waals surface area contributed by atoms with Crippen molar-refractivity contribution >= 4 is 11.3 Å². The summed E-state index contributed by atoms with van der Waals surface area (Å²) in [5.74, 6) is 0. The van der Waals surface area contributed by atoms with Crippen molar-refractivity contribution in [3.05, 3.63) is 45.4 Å². The van der Waals surface area contributed by atoms with E-state index in [0.29, 0.717) is 0 Å². The minimum atomic E-state index is 0.902. The predicted molar refractivity (Wildman–Crippen MR) is 63.3 cm³/mol. The Hall–Kier alpha value is -1.22. The molecule has 0 unspecified atom stereocenters. The fourth-order valence-corrected chi connectivity index (χ4v) is 2.29. The number of rotatable bonds is 3. The van der Waals surface area contributed by atoms with Gasteiger partial charge in [0.05, 0.1) is 0 Å². The van der Waals surface area contributed by atoms with Crippen LogP contribution >= 0.6 is 11.3 Å². The second kappa shape index (κ2) is 4.53. The molecule has 0 spiro atoms. The van der Waals surface area contributed by atoms with Gasteiger partial charge in [0.1, 0.15) is 10.0 Å². The van der Waals surface area contributed by atoms with Crippen LogP contribution in [0.4, 0.5) is 0 Å². The Morgan fingerprint density at radius 2 is 2.00 bits per heavy atom. The summed E-state index contributed by atoms with van der Waals surface area (Å²) in [6.07, 6.45) is 1.99. The Kier molecular flexibility index (Phi) is 3.11. The molecule has 2 rings (SSSR count). The van der Waals surface area contributed by atoms with E-state index in [-0.39, 0.29) is 0 Å². The average molecular weight is 218 g/mol. The molecule has 0 bridgehead atoms. The predicted octanol–water partition coefficient (Wildman–Crippen LogP) is 3.00. The maximum absolute atomic E-state index is 4.14. The van der Waals surface area contributed by atoms with E-state index < -0.39 is 0 Å². The highest BCUT2D eigenvalue weighted by Gasteiger charge is 2.02. The summed E-state index contributed by atoms with van der Waals surface area (Å²) in [4.78, 5) is 0. The monoisotopic (exact) mass is 218 g/mol. The maximum Gasteiger partial charge on any atom is 0.121 e. The summed E-state index contributed by atoms with van der Waals surface area (Å²) >= 11 is 1.67. The lowest BCUT2D eigenvalue weighted by Crippen LogP contribution is -1.89. The molecule has 0 aliphatic rings. The van der Waals surface area contributed by atoms with Gasteiger partial charge < -0.3 is 0 Å². The highest BCUT2D eigenvalue weighted by molar-refractivity contribution is 7.11. The van der Waals surface area contributed by atoms with Crippen LogP contribution in [-0.4, -0.2) is 10.2 Å². The van der Waals surface area contributed by atoms with Crippen molar-refractivity contribution in [3.63, 3.8) is 0 Å². The first-order valence-corrected chi connectivity index (χ1v) is 5.96. The molecule has 1 heterocycles. The van der Waals surface area contributed by atoms with Gasteiger partial charge in [-0.25, -0.2) is 0 Å². The minimum Gasteiger partial charge on any atom is -0.144 e. The van der Waals surface area contributed by atoms with Crippen LogP contribution in [0.3, 0.4) is 0 Å². The van der Waals surface area contributed by atoms with E-state index in [2.05, 4.69) is 41.4 Å². The molecule has 0 aliphatic carbocycles. The van der Waals surface area contributed by atoms with E-state index in [9.17, 15) is 0 Å². The standard InChI is InChI=1S/C12H14N2S/c1-3-10-5-4-6-11(7-10)8-12-14-13-9(2)15-12/h4-7H,3,8H2,1-2H3. The van der Waals surface area contributed by atoms with Gasteiger partial charge in [-0.05, 0) is 24.5 Å². The summed E-state index contributed by atoms with van der Waals surface area (Å²) < 4.78 is 0. The van der Waals surface area contributed by atoms with Crippen molar-refractivity contribution in [2.24, 2.45) is 0 Å². The third-order valence-corrected chi connectivity index (χ3v) is 3.16. The SMILES string of the molecule is CCc1cccc(Cc2nnc(C)s2)c1. The van der Waals surface area contributed by atoms with Crippen molar-refractivity contribution in [1.29, 1.82) is 0 Å². The van der Waals surface area contributed by atoms with Crippen LogP contribution in [0.5, 0.6) is 0 Å². The fraction of sp³-hybridized carbons (Fsp3) is 0.333. The Bertz CT molecular complexity index is 448. The molecule has 2 aromatic rings. The smallest absolute Gasteiger partial charge is 0.121 e. The van der Waals surface area contributed by atoms with E-state index in [1.165, 1.54) is 11.1 Å². The fourth-order valence-electron chi connectivity index (χ4n) is 1.54. The van der Waals surface area contributed by atoms with Crippen LogP contribution in [0, 0.1) is 6.92 Å². The summed E-state index contributed by atoms with van der Waals surface area (Å²) in [7, 11) is 0. The van der Waals surface area contributed by atoms with Crippen molar-refractivity contribution in [1.82, 2.24) is 10.2 Å². The van der Waals surface area contributed by atoms with Gasteiger partial charge in [0, 0.05) is 6.42 Å². The number of nitrogens with zero attached hydrogens (tertiary/aromatic N) is 2. The summed E-state index contributed by atoms with van der Waals surface area (Å²) in [6.45, 7) is 4.16. The average Bonchev–Trinajstić information content (AvgIpc) is 2.64. The zero-order valence-electron chi connectivity index (χ0n) is 9.03. The lowest BCUT2D eigenvalue weighted by Gasteiger charge is -2.00. The minimum absolute atomic E-state index is 0.902. The van der Waals surface area contributed by atoms with E-state index in [1.54, 1.807) is 11.3 Å². The van der Waals surface area contributed by atoms with Crippen molar-refractivity contribution in [2.45, 2.75) is 26.7 Å². The molecule has 2 nitrogen and oxygen atoms in total. The quantitative estimate of drug-likeness (QED) is 0.791. The molecule has 1 aromatic heterocycles. The van der Waals surface area contributed by atoms with E-state index in [0.717, 1.165) is 22.9 Å². The van der Waals surface area contributed by atoms with Gasteiger partial charge >= 0.3 is 0 Å². The Labute approximate surface area is 94.0 Å². The number of hydrogen-bond acceptors (Lipinski definition) is 3. The van der Waals surface area contributed by atoms with E-state index >= 15 is 0 Å². The third-order valence-electron chi connectivity index (χ3n) is 2.32. The molecule has 0 N–H and O–H groups in total. The lowest BCUT2D eigenvalue weighted by molar-refractivity contribution is 0.979. The van der Waals surface area contributed by atoms with E-state index in [4.69, 9.17) is 0 Å². The summed E-state index contributed by atoms with van der Waals surface area (Å²) in [5, 5.41) is 10.3. The summed E-state index contributed by atoms with van der Waals surface area (Å²) in [5.41, 5.74) is 2.71. The Morgan fingerprint density at radius 3 is 2.67 bits per heavy atom. The Morgan fingerprint density at radius 1 is 1.20 bits per heavy atom. The maximum atomic E-state index is 4.14. The Balaban J connectivity index is 2.16. The number of benzene rings is 1. The topological polar surface area (TPSA) is 25.8 Å². The molecule has 0 saturated carbocycles. The molecule has 0 fully saturated rings. The van der Waals surface area contributed by atoms with Crippen LogP contribution in [-0.2, 0) is 12.8 Å². The molecule has 1 aromatic carbocycles. The number of aromatic nitrogens is 2. The third kappa shape index (κ3) is 2.63. The molecule has 3 heteroatoms. The van der Waals surface area contributed by atoms with Crippen molar-refractivity contribution in [3.8, 4) is 0 Å². The van der Waals surface area contributed by atoms with Gasteiger partial charge in [0.15, 0.2) is 0 Å². The molecule has 0 saturated heterocycles. The van der Waals surface area contributed by atoms with Crippen molar-refractivity contribution in [2.75, 3.05) is 0 Å². The lowest BCUT2D eigenvalue weighted by atomic mass is 10.1. The van der Waals surface area contributed by atoms with Gasteiger partial charge in [-0.1, -0.05) is 31.2 Å². The second-order valence-electron chi connectivity index (χ2n) is 3.57. The number of hydrogen-bond donors (Lipinski definition) is 0. The highest BCUT2D eigenvalue weighted by atomic mass is 32.1. The highest BCUT2D eigenvalue weighted by Crippen LogP contribution is 2.15. The molecule has 15 heavy (non-hydrogen) atoms. The van der Waals surface area contributed by atoms with Crippen LogP contribution in [0.1, 0.15) is 28.1 Å². The zero-order valence-corrected chi connectivity index (χ0v) is 9.84. The molecular formula is C12H14N2S. The van der Waals surface area contributed by atoms with Gasteiger partial charge in [-0.2, -0.15) is 0 Å². The first-order valence-electron chi connectivity index (χ1n) is 5.14. The van der Waals surface area contributed by atoms with E-state index in [1.807, 2.05) is 6.92 Å². The van der Waals surface area contributed by atoms with Gasteiger partial charge in [0.2, 0.25) is 0 Å². The zero-order chi connectivity index (χ0) is 10.7. The second-order valence-corrected chi connectivity index (χ2v) is 4.83. The first kappa shape index (κ1) is 10.3. The van der Waals surface area contributed by atoms with Crippen molar-refractivity contribution < 1.29 is 0 Å². The normalized spacial score (nSPS) is 10.5. The van der Waals surface area contributed by atoms with Crippen LogP contribution in [0.15, 0.2) is 24.3 Å². The molecule has 0 radical (unpaired) electrons. The molecule has 78 valence electrons. The van der Waals surface area contributed by atoms with Crippen LogP contribution in [0.25, 0.3) is 0 Å². The first-order chi connectivity index (χ1) is 7.28. The molecule has 0 amide bonds. The molecular weight excluding hydrogens is 204 g/mol. The van der Waals surface area contributed by atoms with Crippen LogP contribution < -0.4 is 0 Å². The summed E-state index contributed by atoms with van der Waals surface area (Å²) in [6, 6.07) is 8.67. The number of aryl methyl sites for hydroxylation is 2.